The molecule has 0 amide bonds. The van der Waals surface area contributed by atoms with Crippen molar-refractivity contribution in [3.8, 4) is 0 Å². The number of hydrogen-bond donors (Lipinski definition) is 1. The highest BCUT2D eigenvalue weighted by Crippen LogP contribution is 2.31. The van der Waals surface area contributed by atoms with Gasteiger partial charge in [-0.2, -0.15) is 0 Å². The minimum Gasteiger partial charge on any atom is -0.397 e. The normalized spacial score (nSPS) is 20.6. The number of anilines is 3. The summed E-state index contributed by atoms with van der Waals surface area (Å²) < 4.78 is 0. The molecule has 0 bridgehead atoms. The Morgan fingerprint density at radius 1 is 0.737 bits per heavy atom. The van der Waals surface area contributed by atoms with Crippen molar-refractivity contribution in [3.63, 3.8) is 0 Å². The SMILES string of the molecule is Nc1cc(N2CCCC2)ccc1N1CCCCCC1. The van der Waals surface area contributed by atoms with Gasteiger partial charge in [0.05, 0.1) is 11.4 Å². The molecular weight excluding hydrogens is 234 g/mol. The second-order valence-corrected chi connectivity index (χ2v) is 5.84. The maximum Gasteiger partial charge on any atom is 0.0601 e. The fraction of sp³-hybridized carbons (Fsp3) is 0.625. The van der Waals surface area contributed by atoms with Gasteiger partial charge in [-0.3, -0.25) is 0 Å². The highest BCUT2D eigenvalue weighted by atomic mass is 15.2. The van der Waals surface area contributed by atoms with Gasteiger partial charge in [0.15, 0.2) is 0 Å². The summed E-state index contributed by atoms with van der Waals surface area (Å²) in [5.74, 6) is 0. The molecule has 2 fully saturated rings. The lowest BCUT2D eigenvalue weighted by molar-refractivity contribution is 0.726. The third kappa shape index (κ3) is 2.80. The summed E-state index contributed by atoms with van der Waals surface area (Å²) in [6.45, 7) is 4.69. The highest BCUT2D eigenvalue weighted by Gasteiger charge is 2.16. The maximum atomic E-state index is 6.30. The van der Waals surface area contributed by atoms with Gasteiger partial charge in [-0.05, 0) is 43.9 Å². The molecule has 19 heavy (non-hydrogen) atoms. The van der Waals surface area contributed by atoms with E-state index in [9.17, 15) is 0 Å². The molecule has 0 saturated carbocycles. The van der Waals surface area contributed by atoms with Crippen LogP contribution in [-0.4, -0.2) is 26.2 Å². The van der Waals surface area contributed by atoms with Gasteiger partial charge in [0.25, 0.3) is 0 Å². The summed E-state index contributed by atoms with van der Waals surface area (Å²) in [6.07, 6.45) is 7.95. The molecule has 2 saturated heterocycles. The molecule has 3 nitrogen and oxygen atoms in total. The minimum absolute atomic E-state index is 0.950. The molecule has 1 aromatic carbocycles. The Labute approximate surface area is 116 Å². The number of hydrogen-bond acceptors (Lipinski definition) is 3. The topological polar surface area (TPSA) is 32.5 Å². The molecule has 0 aromatic heterocycles. The number of nitrogens with zero attached hydrogens (tertiary/aromatic N) is 2. The van der Waals surface area contributed by atoms with Crippen LogP contribution in [0.5, 0.6) is 0 Å². The van der Waals surface area contributed by atoms with Gasteiger partial charge in [-0.25, -0.2) is 0 Å². The van der Waals surface area contributed by atoms with Crippen molar-refractivity contribution in [2.24, 2.45) is 0 Å². The van der Waals surface area contributed by atoms with Gasteiger partial charge in [0.2, 0.25) is 0 Å². The lowest BCUT2D eigenvalue weighted by Crippen LogP contribution is -2.25. The van der Waals surface area contributed by atoms with Crippen LogP contribution in [0.25, 0.3) is 0 Å². The van der Waals surface area contributed by atoms with Crippen molar-refractivity contribution >= 4 is 17.1 Å². The average Bonchev–Trinajstić information content (AvgIpc) is 2.82. The Balaban J connectivity index is 1.78. The van der Waals surface area contributed by atoms with Crippen LogP contribution >= 0.6 is 0 Å². The van der Waals surface area contributed by atoms with Gasteiger partial charge in [-0.15, -0.1) is 0 Å². The van der Waals surface area contributed by atoms with Crippen molar-refractivity contribution in [2.45, 2.75) is 38.5 Å². The molecule has 2 heterocycles. The fourth-order valence-corrected chi connectivity index (χ4v) is 3.31. The summed E-state index contributed by atoms with van der Waals surface area (Å²) in [5, 5.41) is 0. The van der Waals surface area contributed by atoms with Gasteiger partial charge in [-0.1, -0.05) is 12.8 Å². The number of nitrogens with two attached hydrogens (primary N) is 1. The van der Waals surface area contributed by atoms with Gasteiger partial charge < -0.3 is 15.5 Å². The zero-order chi connectivity index (χ0) is 13.1. The van der Waals surface area contributed by atoms with Gasteiger partial charge in [0.1, 0.15) is 0 Å². The summed E-state index contributed by atoms with van der Waals surface area (Å²) in [4.78, 5) is 4.92. The van der Waals surface area contributed by atoms with E-state index in [-0.39, 0.29) is 0 Å². The molecule has 0 aliphatic carbocycles. The van der Waals surface area contributed by atoms with E-state index >= 15 is 0 Å². The largest absolute Gasteiger partial charge is 0.397 e. The van der Waals surface area contributed by atoms with Crippen molar-refractivity contribution in [1.82, 2.24) is 0 Å². The fourth-order valence-electron chi connectivity index (χ4n) is 3.31. The highest BCUT2D eigenvalue weighted by molar-refractivity contribution is 5.73. The van der Waals surface area contributed by atoms with E-state index in [2.05, 4.69) is 28.0 Å². The molecular formula is C16H25N3. The van der Waals surface area contributed by atoms with Gasteiger partial charge in [0, 0.05) is 31.9 Å². The molecule has 1 aromatic rings. The first-order valence-corrected chi connectivity index (χ1v) is 7.74. The van der Waals surface area contributed by atoms with E-state index in [4.69, 9.17) is 5.73 Å². The monoisotopic (exact) mass is 259 g/mol. The number of rotatable bonds is 2. The lowest BCUT2D eigenvalue weighted by atomic mass is 10.2. The summed E-state index contributed by atoms with van der Waals surface area (Å²) in [6, 6.07) is 6.65. The molecule has 104 valence electrons. The number of benzene rings is 1. The Morgan fingerprint density at radius 2 is 1.32 bits per heavy atom. The van der Waals surface area contributed by atoms with Crippen LogP contribution in [0.2, 0.25) is 0 Å². The van der Waals surface area contributed by atoms with Crippen molar-refractivity contribution in [2.75, 3.05) is 41.7 Å². The predicted octanol–water partition coefficient (Wildman–Crippen LogP) is 3.25. The Morgan fingerprint density at radius 3 is 1.95 bits per heavy atom. The molecule has 2 N–H and O–H groups in total. The first kappa shape index (κ1) is 12.6. The van der Waals surface area contributed by atoms with Gasteiger partial charge >= 0.3 is 0 Å². The molecule has 3 rings (SSSR count). The number of nitrogen functional groups attached to an aromatic ring is 1. The minimum atomic E-state index is 0.950. The molecule has 0 unspecified atom stereocenters. The Kier molecular flexibility index (Phi) is 3.81. The second kappa shape index (κ2) is 5.72. The first-order chi connectivity index (χ1) is 9.34. The van der Waals surface area contributed by atoms with Crippen LogP contribution in [0.4, 0.5) is 17.1 Å². The van der Waals surface area contributed by atoms with Crippen LogP contribution in [0, 0.1) is 0 Å². The van der Waals surface area contributed by atoms with Crippen molar-refractivity contribution < 1.29 is 0 Å². The standard InChI is InChI=1S/C16H25N3/c17-15-13-14(18-9-5-6-10-18)7-8-16(15)19-11-3-1-2-4-12-19/h7-8,13H,1-6,9-12,17H2. The maximum absolute atomic E-state index is 6.30. The molecule has 0 atom stereocenters. The Bertz CT molecular complexity index is 416. The summed E-state index contributed by atoms with van der Waals surface area (Å²) >= 11 is 0. The van der Waals surface area contributed by atoms with Crippen LogP contribution in [0.1, 0.15) is 38.5 Å². The second-order valence-electron chi connectivity index (χ2n) is 5.84. The zero-order valence-electron chi connectivity index (χ0n) is 11.8. The molecule has 3 heteroatoms. The van der Waals surface area contributed by atoms with Crippen molar-refractivity contribution in [1.29, 1.82) is 0 Å². The van der Waals surface area contributed by atoms with Crippen LogP contribution < -0.4 is 15.5 Å². The molecule has 2 aliphatic heterocycles. The van der Waals surface area contributed by atoms with Crippen LogP contribution in [0.15, 0.2) is 18.2 Å². The van der Waals surface area contributed by atoms with E-state index in [1.54, 1.807) is 0 Å². The zero-order valence-corrected chi connectivity index (χ0v) is 11.8. The molecule has 0 spiro atoms. The van der Waals surface area contributed by atoms with E-state index in [0.717, 1.165) is 18.8 Å². The quantitative estimate of drug-likeness (QED) is 0.828. The summed E-state index contributed by atoms with van der Waals surface area (Å²) in [5.41, 5.74) is 9.79. The molecule has 0 radical (unpaired) electrons. The third-order valence-corrected chi connectivity index (χ3v) is 4.43. The third-order valence-electron chi connectivity index (χ3n) is 4.43. The van der Waals surface area contributed by atoms with Crippen molar-refractivity contribution in [3.05, 3.63) is 18.2 Å². The average molecular weight is 259 g/mol. The van der Waals surface area contributed by atoms with Crippen LogP contribution in [-0.2, 0) is 0 Å². The summed E-state index contributed by atoms with van der Waals surface area (Å²) in [7, 11) is 0. The Hall–Kier alpha value is -1.38. The van der Waals surface area contributed by atoms with Crippen LogP contribution in [0.3, 0.4) is 0 Å². The smallest absolute Gasteiger partial charge is 0.0601 e. The van der Waals surface area contributed by atoms with E-state index < -0.39 is 0 Å². The van der Waals surface area contributed by atoms with E-state index in [1.165, 1.54) is 63.0 Å². The lowest BCUT2D eigenvalue weighted by Gasteiger charge is -2.26. The predicted molar refractivity (Wildman–Crippen MR) is 83.0 cm³/mol. The first-order valence-electron chi connectivity index (χ1n) is 7.74. The van der Waals surface area contributed by atoms with E-state index in [0.29, 0.717) is 0 Å². The van der Waals surface area contributed by atoms with E-state index in [1.807, 2.05) is 0 Å². The molecule has 2 aliphatic rings.